The zero-order chi connectivity index (χ0) is 20.8. The van der Waals surface area contributed by atoms with Gasteiger partial charge in [-0.1, -0.05) is 87.0 Å². The van der Waals surface area contributed by atoms with Gasteiger partial charge < -0.3 is 0 Å². The minimum Gasteiger partial charge on any atom is -0.300 e. The Labute approximate surface area is 182 Å². The van der Waals surface area contributed by atoms with E-state index in [0.29, 0.717) is 12.0 Å². The Morgan fingerprint density at radius 3 is 2.33 bits per heavy atom. The second-order valence-electron chi connectivity index (χ2n) is 9.41. The van der Waals surface area contributed by atoms with Gasteiger partial charge in [0.1, 0.15) is 0 Å². The van der Waals surface area contributed by atoms with E-state index >= 15 is 0 Å². The first-order valence-corrected chi connectivity index (χ1v) is 11.7. The number of rotatable bonds is 6. The van der Waals surface area contributed by atoms with Crippen LogP contribution in [0.5, 0.6) is 0 Å². The molecule has 1 aliphatic carbocycles. The molecule has 4 rings (SSSR count). The average molecular weight is 401 g/mol. The molecule has 1 saturated heterocycles. The third-order valence-electron chi connectivity index (χ3n) is 7.44. The summed E-state index contributed by atoms with van der Waals surface area (Å²) >= 11 is 0. The molecule has 30 heavy (non-hydrogen) atoms. The third kappa shape index (κ3) is 4.92. The maximum atomic E-state index is 4.78. The standard InChI is InChI=1S/C28H36N2/c1-23(29-20-17-24-11-5-3-6-12-24)28(2)18-21-30(22-19-28)27-16-10-9-15-26(27)25-13-7-4-8-14-25/h3-8,11-14,20,26-27H,1,9-10,15-19,21-22H2,2H3. The molecule has 2 aromatic carbocycles. The lowest BCUT2D eigenvalue weighted by atomic mass is 9.74. The van der Waals surface area contributed by atoms with Crippen LogP contribution in [0.3, 0.4) is 0 Å². The minimum absolute atomic E-state index is 0.126. The van der Waals surface area contributed by atoms with Gasteiger partial charge in [-0.25, -0.2) is 0 Å². The molecule has 158 valence electrons. The molecular weight excluding hydrogens is 364 g/mol. The van der Waals surface area contributed by atoms with Gasteiger partial charge >= 0.3 is 0 Å². The Kier molecular flexibility index (Phi) is 6.84. The van der Waals surface area contributed by atoms with Crippen molar-refractivity contribution in [1.29, 1.82) is 0 Å². The van der Waals surface area contributed by atoms with Crippen LogP contribution in [0.2, 0.25) is 0 Å². The van der Waals surface area contributed by atoms with Gasteiger partial charge in [0.2, 0.25) is 0 Å². The van der Waals surface area contributed by atoms with E-state index in [0.717, 1.165) is 38.0 Å². The first kappa shape index (κ1) is 21.1. The summed E-state index contributed by atoms with van der Waals surface area (Å²) in [5.41, 5.74) is 4.02. The second-order valence-corrected chi connectivity index (χ2v) is 9.41. The number of benzene rings is 2. The molecule has 2 unspecified atom stereocenters. The summed E-state index contributed by atoms with van der Waals surface area (Å²) in [5, 5.41) is 0. The van der Waals surface area contributed by atoms with Crippen LogP contribution in [0, 0.1) is 5.41 Å². The van der Waals surface area contributed by atoms with Crippen molar-refractivity contribution in [2.75, 3.05) is 13.1 Å². The highest BCUT2D eigenvalue weighted by atomic mass is 15.2. The Morgan fingerprint density at radius 2 is 1.63 bits per heavy atom. The number of hydrogen-bond donors (Lipinski definition) is 0. The maximum Gasteiger partial charge on any atom is 0.0388 e. The zero-order valence-electron chi connectivity index (χ0n) is 18.5. The number of hydrogen-bond acceptors (Lipinski definition) is 2. The number of likely N-dealkylation sites (tertiary alicyclic amines) is 1. The Morgan fingerprint density at radius 1 is 1.00 bits per heavy atom. The van der Waals surface area contributed by atoms with E-state index in [4.69, 9.17) is 4.99 Å². The zero-order valence-corrected chi connectivity index (χ0v) is 18.5. The molecule has 0 spiro atoms. The molecule has 1 heterocycles. The molecule has 2 aliphatic rings. The molecule has 2 nitrogen and oxygen atoms in total. The van der Waals surface area contributed by atoms with E-state index in [-0.39, 0.29) is 5.41 Å². The largest absolute Gasteiger partial charge is 0.300 e. The molecule has 2 fully saturated rings. The van der Waals surface area contributed by atoms with Crippen LogP contribution < -0.4 is 0 Å². The monoisotopic (exact) mass is 400 g/mol. The first-order chi connectivity index (χ1) is 14.7. The molecule has 0 radical (unpaired) electrons. The van der Waals surface area contributed by atoms with E-state index in [1.165, 1.54) is 36.8 Å². The summed E-state index contributed by atoms with van der Waals surface area (Å²) in [6.07, 6.45) is 10.7. The van der Waals surface area contributed by atoms with Crippen LogP contribution >= 0.6 is 0 Å². The fourth-order valence-electron chi connectivity index (χ4n) is 5.31. The molecule has 2 heteroatoms. The number of aliphatic imine (C=N–C) groups is 1. The quantitative estimate of drug-likeness (QED) is 0.496. The van der Waals surface area contributed by atoms with Crippen molar-refractivity contribution < 1.29 is 0 Å². The Hall–Kier alpha value is -2.19. The number of allylic oxidation sites excluding steroid dienone is 1. The molecule has 1 aliphatic heterocycles. The summed E-state index contributed by atoms with van der Waals surface area (Å²) in [5.74, 6) is 0.691. The van der Waals surface area contributed by atoms with Crippen LogP contribution in [0.1, 0.15) is 62.5 Å². The van der Waals surface area contributed by atoms with Gasteiger partial charge in [-0.15, -0.1) is 0 Å². The van der Waals surface area contributed by atoms with Gasteiger partial charge in [-0.3, -0.25) is 9.89 Å². The van der Waals surface area contributed by atoms with Gasteiger partial charge in [0.25, 0.3) is 0 Å². The lowest BCUT2D eigenvalue weighted by molar-refractivity contribution is 0.0714. The predicted molar refractivity (Wildman–Crippen MR) is 128 cm³/mol. The van der Waals surface area contributed by atoms with E-state index in [9.17, 15) is 0 Å². The average Bonchev–Trinajstić information content (AvgIpc) is 2.81. The van der Waals surface area contributed by atoms with Crippen molar-refractivity contribution in [3.63, 3.8) is 0 Å². The van der Waals surface area contributed by atoms with Crippen molar-refractivity contribution in [3.05, 3.63) is 84.1 Å². The SMILES string of the molecule is C=C(N=CCc1ccccc1)C1(C)CCN(C2CCCCC2c2ccccc2)CC1. The van der Waals surface area contributed by atoms with Crippen LogP contribution in [0.25, 0.3) is 0 Å². The minimum atomic E-state index is 0.126. The highest BCUT2D eigenvalue weighted by molar-refractivity contribution is 5.63. The molecular formula is C28H36N2. The fourth-order valence-corrected chi connectivity index (χ4v) is 5.31. The lowest BCUT2D eigenvalue weighted by Gasteiger charge is -2.46. The second kappa shape index (κ2) is 9.75. The van der Waals surface area contributed by atoms with Crippen LogP contribution in [0.15, 0.2) is 77.9 Å². The normalized spacial score (nSPS) is 24.7. The van der Waals surface area contributed by atoms with E-state index < -0.39 is 0 Å². The highest BCUT2D eigenvalue weighted by Gasteiger charge is 2.38. The topological polar surface area (TPSA) is 15.6 Å². The van der Waals surface area contributed by atoms with Crippen LogP contribution in [-0.2, 0) is 6.42 Å². The van der Waals surface area contributed by atoms with Crippen molar-refractivity contribution in [3.8, 4) is 0 Å². The van der Waals surface area contributed by atoms with Crippen molar-refractivity contribution in [1.82, 2.24) is 4.90 Å². The van der Waals surface area contributed by atoms with Crippen molar-refractivity contribution in [2.45, 2.75) is 63.8 Å². The predicted octanol–water partition coefficient (Wildman–Crippen LogP) is 6.64. The molecule has 0 bridgehead atoms. The van der Waals surface area contributed by atoms with E-state index in [2.05, 4.69) is 79.1 Å². The van der Waals surface area contributed by atoms with Crippen LogP contribution in [0.4, 0.5) is 0 Å². The highest BCUT2D eigenvalue weighted by Crippen LogP contribution is 2.42. The van der Waals surface area contributed by atoms with E-state index in [1.807, 2.05) is 6.21 Å². The molecule has 0 aromatic heterocycles. The number of nitrogens with zero attached hydrogens (tertiary/aromatic N) is 2. The third-order valence-corrected chi connectivity index (χ3v) is 7.44. The Balaban J connectivity index is 1.35. The molecule has 1 saturated carbocycles. The van der Waals surface area contributed by atoms with Gasteiger partial charge in [-0.2, -0.15) is 0 Å². The summed E-state index contributed by atoms with van der Waals surface area (Å²) in [4.78, 5) is 7.55. The number of piperidine rings is 1. The summed E-state index contributed by atoms with van der Waals surface area (Å²) < 4.78 is 0. The molecule has 0 N–H and O–H groups in total. The van der Waals surface area contributed by atoms with Gasteiger partial charge in [-0.05, 0) is 55.8 Å². The maximum absolute atomic E-state index is 4.78. The van der Waals surface area contributed by atoms with Crippen LogP contribution in [-0.4, -0.2) is 30.2 Å². The molecule has 0 amide bonds. The summed E-state index contributed by atoms with van der Waals surface area (Å²) in [7, 11) is 0. The first-order valence-electron chi connectivity index (χ1n) is 11.7. The van der Waals surface area contributed by atoms with Crippen molar-refractivity contribution in [2.24, 2.45) is 10.4 Å². The smallest absolute Gasteiger partial charge is 0.0388 e. The van der Waals surface area contributed by atoms with E-state index in [1.54, 1.807) is 0 Å². The fraction of sp³-hybridized carbons (Fsp3) is 0.464. The van der Waals surface area contributed by atoms with Gasteiger partial charge in [0.15, 0.2) is 0 Å². The Bertz CT molecular complexity index is 831. The van der Waals surface area contributed by atoms with Gasteiger partial charge in [0, 0.05) is 29.8 Å². The lowest BCUT2D eigenvalue weighted by Crippen LogP contribution is -2.48. The van der Waals surface area contributed by atoms with Crippen molar-refractivity contribution >= 4 is 6.21 Å². The summed E-state index contributed by atoms with van der Waals surface area (Å²) in [6, 6.07) is 22.4. The molecule has 2 aromatic rings. The summed E-state index contributed by atoms with van der Waals surface area (Å²) in [6.45, 7) is 9.06. The molecule has 2 atom stereocenters. The van der Waals surface area contributed by atoms with Gasteiger partial charge in [0.05, 0.1) is 0 Å².